The van der Waals surface area contributed by atoms with Crippen LogP contribution in [0.4, 0.5) is 4.39 Å². The summed E-state index contributed by atoms with van der Waals surface area (Å²) in [5.41, 5.74) is 9.32. The molecule has 0 radical (unpaired) electrons. The predicted octanol–water partition coefficient (Wildman–Crippen LogP) is 6.71. The van der Waals surface area contributed by atoms with Gasteiger partial charge in [0.05, 0.1) is 6.10 Å². The molecule has 0 heterocycles. The van der Waals surface area contributed by atoms with Crippen molar-refractivity contribution in [3.05, 3.63) is 120 Å². The number of nitrogens with two attached hydrogens (primary N) is 1. The minimum absolute atomic E-state index is 0.0952. The lowest BCUT2D eigenvalue weighted by atomic mass is 9.78. The van der Waals surface area contributed by atoms with Crippen LogP contribution in [0.1, 0.15) is 25.3 Å². The molecule has 192 valence electrons. The van der Waals surface area contributed by atoms with Gasteiger partial charge < -0.3 is 19.9 Å². The van der Waals surface area contributed by atoms with Crippen molar-refractivity contribution < 1.29 is 18.6 Å². The third-order valence-corrected chi connectivity index (χ3v) is 6.71. The Kier molecular flexibility index (Phi) is 10.7. The Morgan fingerprint density at radius 1 is 1.25 bits per heavy atom. The lowest BCUT2D eigenvalue weighted by Crippen LogP contribution is -2.41. The van der Waals surface area contributed by atoms with E-state index in [-0.39, 0.29) is 48.3 Å². The van der Waals surface area contributed by atoms with Crippen molar-refractivity contribution in [2.75, 3.05) is 13.9 Å². The zero-order valence-electron chi connectivity index (χ0n) is 21.3. The Morgan fingerprint density at radius 3 is 2.69 bits per heavy atom. The highest BCUT2D eigenvalue weighted by atomic mass is 19.1. The first-order valence-corrected chi connectivity index (χ1v) is 12.4. The summed E-state index contributed by atoms with van der Waals surface area (Å²) in [4.78, 5) is 0. The highest BCUT2D eigenvalue weighted by Crippen LogP contribution is 2.40. The second-order valence-electron chi connectivity index (χ2n) is 9.28. The van der Waals surface area contributed by atoms with Gasteiger partial charge in [0.2, 0.25) is 0 Å². The smallest absolute Gasteiger partial charge is 0.151 e. The van der Waals surface area contributed by atoms with Crippen molar-refractivity contribution in [2.45, 2.75) is 38.5 Å². The van der Waals surface area contributed by atoms with E-state index < -0.39 is 0 Å². The van der Waals surface area contributed by atoms with Crippen LogP contribution in [0.5, 0.6) is 0 Å². The number of hydrogen-bond donors (Lipinski definition) is 1. The molecule has 36 heavy (non-hydrogen) atoms. The van der Waals surface area contributed by atoms with Crippen LogP contribution in [-0.2, 0) is 20.8 Å². The number of allylic oxidation sites excluding steroid dienone is 9. The van der Waals surface area contributed by atoms with Gasteiger partial charge in [0.25, 0.3) is 0 Å². The average molecular weight is 492 g/mol. The highest BCUT2D eigenvalue weighted by molar-refractivity contribution is 5.38. The maximum absolute atomic E-state index is 15.3. The molecule has 0 fully saturated rings. The maximum atomic E-state index is 15.3. The van der Waals surface area contributed by atoms with Crippen LogP contribution in [0.3, 0.4) is 0 Å². The number of ether oxygens (including phenoxy) is 3. The first kappa shape index (κ1) is 27.6. The molecule has 0 spiro atoms. The molecule has 2 aliphatic rings. The number of halogens is 1. The fraction of sp³-hybridized carbons (Fsp3) is 0.355. The monoisotopic (exact) mass is 491 g/mol. The molecule has 2 N–H and O–H groups in total. The molecule has 0 aromatic heterocycles. The Bertz CT molecular complexity index is 1040. The van der Waals surface area contributed by atoms with Crippen molar-refractivity contribution in [3.8, 4) is 0 Å². The third kappa shape index (κ3) is 7.50. The molecule has 5 unspecified atom stereocenters. The van der Waals surface area contributed by atoms with Crippen LogP contribution in [0.15, 0.2) is 115 Å². The zero-order chi connectivity index (χ0) is 25.9. The van der Waals surface area contributed by atoms with Gasteiger partial charge in [-0.1, -0.05) is 98.5 Å². The molecule has 5 heteroatoms. The first-order valence-electron chi connectivity index (χ1n) is 12.4. The van der Waals surface area contributed by atoms with Crippen LogP contribution in [-0.4, -0.2) is 26.0 Å². The van der Waals surface area contributed by atoms with Gasteiger partial charge >= 0.3 is 0 Å². The average Bonchev–Trinajstić information content (AvgIpc) is 2.91. The normalized spacial score (nSPS) is 23.4. The van der Waals surface area contributed by atoms with Crippen molar-refractivity contribution in [1.82, 2.24) is 0 Å². The highest BCUT2D eigenvalue weighted by Gasteiger charge is 2.31. The minimum atomic E-state index is -0.360. The third-order valence-electron chi connectivity index (χ3n) is 6.71. The lowest BCUT2D eigenvalue weighted by Gasteiger charge is -2.30. The van der Waals surface area contributed by atoms with E-state index in [0.29, 0.717) is 13.0 Å². The molecular formula is C31H38FNO3. The molecule has 0 bridgehead atoms. The Labute approximate surface area is 215 Å². The van der Waals surface area contributed by atoms with Gasteiger partial charge in [-0.3, -0.25) is 0 Å². The van der Waals surface area contributed by atoms with Gasteiger partial charge in [-0.15, -0.1) is 0 Å². The van der Waals surface area contributed by atoms with Crippen LogP contribution in [0.25, 0.3) is 0 Å². The Hall–Kier alpha value is -2.99. The van der Waals surface area contributed by atoms with Crippen molar-refractivity contribution in [3.63, 3.8) is 0 Å². The molecule has 0 aliphatic heterocycles. The predicted molar refractivity (Wildman–Crippen MR) is 144 cm³/mol. The summed E-state index contributed by atoms with van der Waals surface area (Å²) in [6.07, 6.45) is 16.8. The second kappa shape index (κ2) is 13.9. The first-order chi connectivity index (χ1) is 17.4. The van der Waals surface area contributed by atoms with Gasteiger partial charge in [-0.05, 0) is 41.9 Å². The van der Waals surface area contributed by atoms with E-state index >= 15 is 4.39 Å². The molecule has 0 saturated heterocycles. The van der Waals surface area contributed by atoms with Crippen molar-refractivity contribution >= 4 is 0 Å². The van der Waals surface area contributed by atoms with Gasteiger partial charge in [-0.2, -0.15) is 0 Å². The molecule has 1 aromatic carbocycles. The van der Waals surface area contributed by atoms with Gasteiger partial charge in [0.1, 0.15) is 19.2 Å². The number of rotatable bonds is 13. The largest absolute Gasteiger partial charge is 0.486 e. The van der Waals surface area contributed by atoms with Gasteiger partial charge in [0.15, 0.2) is 5.76 Å². The quantitative estimate of drug-likeness (QED) is 0.246. The number of benzene rings is 1. The van der Waals surface area contributed by atoms with Crippen LogP contribution < -0.4 is 5.73 Å². The summed E-state index contributed by atoms with van der Waals surface area (Å²) in [6, 6.07) is 9.50. The van der Waals surface area contributed by atoms with Crippen LogP contribution in [0, 0.1) is 17.8 Å². The van der Waals surface area contributed by atoms with E-state index in [9.17, 15) is 0 Å². The standard InChI is InChI=1S/C31H38FNO3/c1-5-25-19-29(35-20-24-12-8-6-9-13-24)30(32)23(3)27(25)18-22(2)16-17-28(36-21-34-4)31(33)26-14-10-7-11-15-26/h5-14,16-17,19,23,26-28,31H,1-2,15,18,20-21,33H2,3-4H3/b17-16-. The van der Waals surface area contributed by atoms with Crippen molar-refractivity contribution in [2.24, 2.45) is 23.5 Å². The molecule has 4 nitrogen and oxygen atoms in total. The van der Waals surface area contributed by atoms with Crippen LogP contribution >= 0.6 is 0 Å². The number of hydrogen-bond acceptors (Lipinski definition) is 4. The summed E-state index contributed by atoms with van der Waals surface area (Å²) >= 11 is 0. The van der Waals surface area contributed by atoms with Crippen LogP contribution in [0.2, 0.25) is 0 Å². The molecule has 5 atom stereocenters. The van der Waals surface area contributed by atoms with E-state index in [0.717, 1.165) is 23.1 Å². The van der Waals surface area contributed by atoms with Gasteiger partial charge in [0, 0.05) is 19.1 Å². The fourth-order valence-corrected chi connectivity index (χ4v) is 4.52. The lowest BCUT2D eigenvalue weighted by molar-refractivity contribution is -0.0658. The SMILES string of the molecule is C=CC1=CC(OCc2ccccc2)=C(F)C(C)C1CC(=C)/C=C\C(OCOC)C(N)C1C=CC=CC1. The number of methoxy groups -OCH3 is 1. The topological polar surface area (TPSA) is 53.7 Å². The summed E-state index contributed by atoms with van der Waals surface area (Å²) in [7, 11) is 1.59. The Balaban J connectivity index is 1.66. The fourth-order valence-electron chi connectivity index (χ4n) is 4.52. The molecular weight excluding hydrogens is 453 g/mol. The summed E-state index contributed by atoms with van der Waals surface area (Å²) in [5.74, 6) is -0.258. The maximum Gasteiger partial charge on any atom is 0.151 e. The Morgan fingerprint density at radius 2 is 2.03 bits per heavy atom. The molecule has 3 rings (SSSR count). The molecule has 0 amide bonds. The summed E-state index contributed by atoms with van der Waals surface area (Å²) < 4.78 is 32.1. The molecule has 1 aromatic rings. The molecule has 0 saturated carbocycles. The van der Waals surface area contributed by atoms with E-state index in [2.05, 4.69) is 25.3 Å². The van der Waals surface area contributed by atoms with E-state index in [1.165, 1.54) is 0 Å². The van der Waals surface area contributed by atoms with Gasteiger partial charge in [-0.25, -0.2) is 4.39 Å². The van der Waals surface area contributed by atoms with E-state index in [1.807, 2.05) is 61.6 Å². The summed E-state index contributed by atoms with van der Waals surface area (Å²) in [6.45, 7) is 10.5. The minimum Gasteiger partial charge on any atom is -0.486 e. The van der Waals surface area contributed by atoms with Crippen molar-refractivity contribution in [1.29, 1.82) is 0 Å². The summed E-state index contributed by atoms with van der Waals surface area (Å²) in [5, 5.41) is 0. The molecule has 2 aliphatic carbocycles. The van der Waals surface area contributed by atoms with E-state index in [4.69, 9.17) is 19.9 Å². The second-order valence-corrected chi connectivity index (χ2v) is 9.28. The zero-order valence-corrected chi connectivity index (χ0v) is 21.3. The van der Waals surface area contributed by atoms with E-state index in [1.54, 1.807) is 19.3 Å².